The SMILES string of the molecule is CC(C)(C)C(=[OH+])/C=C(\O)C(C)(C)C.[Ir].[c-]1ccc2ccccc2c1-c1nccc2c1ccc1ccccc12. The molecule has 2 N–H and O–H groups in total. The Balaban J connectivity index is 0.000000248. The van der Waals surface area contributed by atoms with E-state index in [-0.39, 0.29) is 42.5 Å². The molecule has 0 aliphatic rings. The Labute approximate surface area is 239 Å². The first-order valence-electron chi connectivity index (χ1n) is 12.6. The molecule has 0 aliphatic heterocycles. The van der Waals surface area contributed by atoms with E-state index in [4.69, 9.17) is 4.98 Å². The van der Waals surface area contributed by atoms with E-state index < -0.39 is 0 Å². The predicted molar refractivity (Wildman–Crippen MR) is 158 cm³/mol. The summed E-state index contributed by atoms with van der Waals surface area (Å²) in [4.78, 5) is 14.3. The predicted octanol–water partition coefficient (Wildman–Crippen LogP) is 9.07. The molecule has 38 heavy (non-hydrogen) atoms. The molecule has 4 aromatic carbocycles. The van der Waals surface area contributed by atoms with Crippen LogP contribution in [0, 0.1) is 16.9 Å². The molecule has 0 bridgehead atoms. The summed E-state index contributed by atoms with van der Waals surface area (Å²) in [6, 6.07) is 30.8. The van der Waals surface area contributed by atoms with Crippen LogP contribution >= 0.6 is 0 Å². The first-order chi connectivity index (χ1) is 17.5. The third-order valence-corrected chi connectivity index (χ3v) is 6.44. The first-order valence-corrected chi connectivity index (χ1v) is 12.6. The van der Waals surface area contributed by atoms with Crippen LogP contribution in [0.2, 0.25) is 0 Å². The zero-order chi connectivity index (χ0) is 26.8. The molecule has 0 aliphatic carbocycles. The standard InChI is InChI=1S/C23H14N.C11H20O2.Ir/c1-4-10-19-16(6-1)8-5-11-21(19)23-22-13-12-17-7-2-3-9-18(17)20(22)14-15-24-23;1-10(2,3)8(12)7-9(13)11(4,5)6;/h1-10,12-15H;7,12H,1-6H3;/q-1;;/p+1/b;8-7-;. The second-order valence-electron chi connectivity index (χ2n) is 11.4. The number of pyridine rings is 1. The second kappa shape index (κ2) is 11.6. The van der Waals surface area contributed by atoms with Gasteiger partial charge in [-0.2, -0.15) is 0 Å². The van der Waals surface area contributed by atoms with Gasteiger partial charge in [0.2, 0.25) is 0 Å². The van der Waals surface area contributed by atoms with Crippen molar-refractivity contribution in [2.24, 2.45) is 10.8 Å². The van der Waals surface area contributed by atoms with Gasteiger partial charge in [-0.3, -0.25) is 4.79 Å². The topological polar surface area (TPSA) is 54.5 Å². The van der Waals surface area contributed by atoms with Crippen molar-refractivity contribution >= 4 is 38.1 Å². The number of allylic oxidation sites excluding steroid dienone is 2. The molecule has 0 saturated carbocycles. The molecule has 1 heterocycles. The average Bonchev–Trinajstić information content (AvgIpc) is 2.87. The molecule has 1 radical (unpaired) electrons. The van der Waals surface area contributed by atoms with Crippen molar-refractivity contribution in [1.29, 1.82) is 0 Å². The first kappa shape index (κ1) is 29.2. The Hall–Kier alpha value is -3.33. The van der Waals surface area contributed by atoms with Crippen LogP contribution in [0.15, 0.2) is 96.9 Å². The number of benzene rings is 4. The minimum Gasteiger partial charge on any atom is -0.511 e. The van der Waals surface area contributed by atoms with Gasteiger partial charge in [0.05, 0.1) is 11.5 Å². The number of carbonyl (C=O) groups excluding carboxylic acids is 1. The molecule has 0 atom stereocenters. The van der Waals surface area contributed by atoms with E-state index in [0.29, 0.717) is 0 Å². The van der Waals surface area contributed by atoms with E-state index in [9.17, 15) is 9.90 Å². The van der Waals surface area contributed by atoms with E-state index in [1.807, 2.05) is 53.8 Å². The van der Waals surface area contributed by atoms with E-state index in [0.717, 1.165) is 11.3 Å². The number of aliphatic hydroxyl groups is 1. The van der Waals surface area contributed by atoms with Crippen LogP contribution in [0.25, 0.3) is 43.6 Å². The Morgan fingerprint density at radius 2 is 1.34 bits per heavy atom. The van der Waals surface area contributed by atoms with E-state index >= 15 is 0 Å². The quantitative estimate of drug-likeness (QED) is 0.0665. The average molecular weight is 682 g/mol. The molecule has 3 nitrogen and oxygen atoms in total. The third-order valence-electron chi connectivity index (χ3n) is 6.44. The molecule has 5 rings (SSSR count). The zero-order valence-electron chi connectivity index (χ0n) is 22.8. The third kappa shape index (κ3) is 6.38. The van der Waals surface area contributed by atoms with Gasteiger partial charge in [0.25, 0.3) is 0 Å². The van der Waals surface area contributed by atoms with Gasteiger partial charge in [-0.15, -0.1) is 29.1 Å². The number of ketones is 1. The number of fused-ring (bicyclic) bond motifs is 4. The van der Waals surface area contributed by atoms with E-state index in [1.165, 1.54) is 38.4 Å². The van der Waals surface area contributed by atoms with Crippen LogP contribution < -0.4 is 0 Å². The molecule has 0 spiro atoms. The van der Waals surface area contributed by atoms with Crippen molar-refractivity contribution in [2.45, 2.75) is 41.5 Å². The van der Waals surface area contributed by atoms with Gasteiger partial charge in [-0.1, -0.05) is 86.8 Å². The molecule has 5 aromatic rings. The number of aliphatic hydroxyl groups excluding tert-OH is 1. The Kier molecular flexibility index (Phi) is 8.92. The molecule has 197 valence electrons. The number of hydrogen-bond acceptors (Lipinski definition) is 2. The van der Waals surface area contributed by atoms with Crippen molar-refractivity contribution in [3.63, 3.8) is 0 Å². The summed E-state index contributed by atoms with van der Waals surface area (Å²) >= 11 is 0. The number of aromatic nitrogens is 1. The molecule has 0 fully saturated rings. The van der Waals surface area contributed by atoms with Gasteiger partial charge < -0.3 is 10.1 Å². The fraction of sp³-hybridized carbons (Fsp3) is 0.235. The maximum absolute atomic E-state index is 9.60. The van der Waals surface area contributed by atoms with Gasteiger partial charge in [0, 0.05) is 31.7 Å². The summed E-state index contributed by atoms with van der Waals surface area (Å²) in [7, 11) is 0. The number of rotatable bonds is 2. The molecule has 4 heteroatoms. The fourth-order valence-corrected chi connectivity index (χ4v) is 4.06. The zero-order valence-corrected chi connectivity index (χ0v) is 25.2. The van der Waals surface area contributed by atoms with Crippen LogP contribution in [0.1, 0.15) is 41.5 Å². The Morgan fingerprint density at radius 3 is 1.97 bits per heavy atom. The van der Waals surface area contributed by atoms with Gasteiger partial charge in [-0.05, 0) is 54.1 Å². The van der Waals surface area contributed by atoms with Gasteiger partial charge in [-0.25, -0.2) is 0 Å². The summed E-state index contributed by atoms with van der Waals surface area (Å²) in [5.74, 6) is 0.417. The van der Waals surface area contributed by atoms with Gasteiger partial charge in [0.1, 0.15) is 5.76 Å². The summed E-state index contributed by atoms with van der Waals surface area (Å²) in [5.41, 5.74) is 1.45. The van der Waals surface area contributed by atoms with Crippen LogP contribution in [-0.4, -0.2) is 20.7 Å². The van der Waals surface area contributed by atoms with E-state index in [1.54, 1.807) is 0 Å². The van der Waals surface area contributed by atoms with Crippen molar-refractivity contribution in [1.82, 2.24) is 4.98 Å². The van der Waals surface area contributed by atoms with E-state index in [2.05, 4.69) is 78.9 Å². The Bertz CT molecular complexity index is 1620. The van der Waals surface area contributed by atoms with Crippen LogP contribution in [0.4, 0.5) is 0 Å². The molecular weight excluding hydrogens is 647 g/mol. The second-order valence-corrected chi connectivity index (χ2v) is 11.4. The van der Waals surface area contributed by atoms with Crippen LogP contribution in [-0.2, 0) is 20.1 Å². The van der Waals surface area contributed by atoms with Crippen LogP contribution in [0.3, 0.4) is 0 Å². The monoisotopic (exact) mass is 682 g/mol. The van der Waals surface area contributed by atoms with Crippen molar-refractivity contribution in [3.05, 3.63) is 103 Å². The van der Waals surface area contributed by atoms with Crippen molar-refractivity contribution in [3.8, 4) is 11.3 Å². The molecule has 1 aromatic heterocycles. The summed E-state index contributed by atoms with van der Waals surface area (Å²) in [5, 5.41) is 16.9. The number of nitrogens with zero attached hydrogens (tertiary/aromatic N) is 1. The summed E-state index contributed by atoms with van der Waals surface area (Å²) < 4.78 is 0. The summed E-state index contributed by atoms with van der Waals surface area (Å²) in [6.45, 7) is 11.4. The Morgan fingerprint density at radius 1 is 0.737 bits per heavy atom. The molecular formula is C34H35IrNO2. The maximum atomic E-state index is 9.60. The summed E-state index contributed by atoms with van der Waals surface area (Å²) in [6.07, 6.45) is 3.35. The molecule has 0 unspecified atom stereocenters. The minimum atomic E-state index is -0.306. The number of hydrogen-bond donors (Lipinski definition) is 1. The normalized spacial score (nSPS) is 12.1. The van der Waals surface area contributed by atoms with Crippen LogP contribution in [0.5, 0.6) is 0 Å². The largest absolute Gasteiger partial charge is 0.511 e. The molecule has 0 amide bonds. The fourth-order valence-electron chi connectivity index (χ4n) is 4.06. The smallest absolute Gasteiger partial charge is 0.325 e. The molecule has 0 saturated heterocycles. The van der Waals surface area contributed by atoms with Gasteiger partial charge in [0.15, 0.2) is 0 Å². The van der Waals surface area contributed by atoms with Gasteiger partial charge >= 0.3 is 5.78 Å². The maximum Gasteiger partial charge on any atom is 0.325 e. The minimum absolute atomic E-state index is 0. The van der Waals surface area contributed by atoms with Crippen molar-refractivity contribution in [2.75, 3.05) is 0 Å². The van der Waals surface area contributed by atoms with Crippen molar-refractivity contribution < 1.29 is 30.0 Å².